The minimum Gasteiger partial charge on any atom is -0.328 e. The lowest BCUT2D eigenvalue weighted by molar-refractivity contribution is 0.478. The van der Waals surface area contributed by atoms with E-state index in [4.69, 9.17) is 5.73 Å². The van der Waals surface area contributed by atoms with Crippen molar-refractivity contribution in [1.82, 2.24) is 0 Å². The van der Waals surface area contributed by atoms with E-state index in [2.05, 4.69) is 13.8 Å². The number of hydrogen-bond acceptors (Lipinski definition) is 1. The molecular formula is C27H57N. The monoisotopic (exact) mass is 395 g/mol. The van der Waals surface area contributed by atoms with Gasteiger partial charge in [0, 0.05) is 6.04 Å². The van der Waals surface area contributed by atoms with Crippen molar-refractivity contribution in [2.24, 2.45) is 5.73 Å². The average Bonchev–Trinajstić information content (AvgIpc) is 2.70. The summed E-state index contributed by atoms with van der Waals surface area (Å²) < 4.78 is 0. The van der Waals surface area contributed by atoms with Crippen LogP contribution >= 0.6 is 0 Å². The molecule has 0 saturated heterocycles. The zero-order valence-electron chi connectivity index (χ0n) is 20.1. The van der Waals surface area contributed by atoms with E-state index in [1.807, 2.05) is 0 Å². The highest BCUT2D eigenvalue weighted by Crippen LogP contribution is 2.15. The number of nitrogens with two attached hydrogens (primary N) is 1. The highest BCUT2D eigenvalue weighted by atomic mass is 14.6. The Labute approximate surface area is 180 Å². The van der Waals surface area contributed by atoms with Gasteiger partial charge in [-0.05, 0) is 12.8 Å². The van der Waals surface area contributed by atoms with Gasteiger partial charge in [0.1, 0.15) is 0 Å². The molecule has 0 aliphatic carbocycles. The minimum absolute atomic E-state index is 0.470. The fourth-order valence-corrected chi connectivity index (χ4v) is 4.29. The lowest BCUT2D eigenvalue weighted by Gasteiger charge is -2.11. The molecule has 2 N–H and O–H groups in total. The molecule has 0 aromatic carbocycles. The van der Waals surface area contributed by atoms with E-state index in [1.165, 1.54) is 154 Å². The van der Waals surface area contributed by atoms with Gasteiger partial charge in [0.2, 0.25) is 0 Å². The molecular weight excluding hydrogens is 338 g/mol. The molecule has 0 radical (unpaired) electrons. The molecule has 0 aromatic heterocycles. The Kier molecular flexibility index (Phi) is 25.0. The lowest BCUT2D eigenvalue weighted by Crippen LogP contribution is -2.19. The standard InChI is InChI=1S/C27H57N/c1-3-5-7-9-11-13-15-17-19-21-23-25-27(28)26-24-22-20-18-16-14-12-10-8-6-4-2/h27H,3-26,28H2,1-2H3. The predicted molar refractivity (Wildman–Crippen MR) is 130 cm³/mol. The second-order valence-electron chi connectivity index (χ2n) is 9.41. The van der Waals surface area contributed by atoms with Crippen LogP contribution < -0.4 is 5.73 Å². The molecule has 0 saturated carbocycles. The van der Waals surface area contributed by atoms with Crippen LogP contribution in [0.3, 0.4) is 0 Å². The summed E-state index contributed by atoms with van der Waals surface area (Å²) in [5.41, 5.74) is 6.31. The van der Waals surface area contributed by atoms with Crippen LogP contribution in [-0.2, 0) is 0 Å². The van der Waals surface area contributed by atoms with Gasteiger partial charge in [0.25, 0.3) is 0 Å². The normalized spacial score (nSPS) is 11.6. The number of unbranched alkanes of at least 4 members (excludes halogenated alkanes) is 20. The van der Waals surface area contributed by atoms with Crippen LogP contribution in [0.1, 0.15) is 168 Å². The molecule has 0 atom stereocenters. The Morgan fingerprint density at radius 3 is 0.821 bits per heavy atom. The Bertz CT molecular complexity index is 237. The number of hydrogen-bond donors (Lipinski definition) is 1. The fraction of sp³-hybridized carbons (Fsp3) is 1.00. The van der Waals surface area contributed by atoms with Crippen LogP contribution in [0.4, 0.5) is 0 Å². The molecule has 0 fully saturated rings. The van der Waals surface area contributed by atoms with Gasteiger partial charge >= 0.3 is 0 Å². The Morgan fingerprint density at radius 2 is 0.571 bits per heavy atom. The molecule has 28 heavy (non-hydrogen) atoms. The quantitative estimate of drug-likeness (QED) is 0.162. The molecule has 0 aliphatic heterocycles. The SMILES string of the molecule is CCCCCCCCCCCCCC(N)CCCCCCCCCCCCC. The van der Waals surface area contributed by atoms with Gasteiger partial charge in [-0.3, -0.25) is 0 Å². The summed E-state index contributed by atoms with van der Waals surface area (Å²) in [5, 5.41) is 0. The smallest absolute Gasteiger partial charge is 0.00388 e. The Morgan fingerprint density at radius 1 is 0.357 bits per heavy atom. The summed E-state index contributed by atoms with van der Waals surface area (Å²) in [6.07, 6.45) is 34.0. The third-order valence-electron chi connectivity index (χ3n) is 6.36. The third kappa shape index (κ3) is 24.0. The maximum Gasteiger partial charge on any atom is 0.00388 e. The molecule has 0 rings (SSSR count). The number of rotatable bonds is 24. The van der Waals surface area contributed by atoms with Gasteiger partial charge in [0.15, 0.2) is 0 Å². The topological polar surface area (TPSA) is 26.0 Å². The molecule has 0 aliphatic rings. The highest BCUT2D eigenvalue weighted by molar-refractivity contribution is 4.62. The van der Waals surface area contributed by atoms with Gasteiger partial charge in [-0.25, -0.2) is 0 Å². The minimum atomic E-state index is 0.470. The highest BCUT2D eigenvalue weighted by Gasteiger charge is 2.02. The largest absolute Gasteiger partial charge is 0.328 e. The van der Waals surface area contributed by atoms with E-state index in [9.17, 15) is 0 Å². The van der Waals surface area contributed by atoms with Gasteiger partial charge < -0.3 is 5.73 Å². The molecule has 0 spiro atoms. The van der Waals surface area contributed by atoms with E-state index in [0.717, 1.165) is 0 Å². The van der Waals surface area contributed by atoms with Gasteiger partial charge in [-0.15, -0.1) is 0 Å². The van der Waals surface area contributed by atoms with Crippen LogP contribution in [-0.4, -0.2) is 6.04 Å². The van der Waals surface area contributed by atoms with E-state index < -0.39 is 0 Å². The summed E-state index contributed by atoms with van der Waals surface area (Å²) in [4.78, 5) is 0. The van der Waals surface area contributed by atoms with Crippen molar-refractivity contribution in [3.05, 3.63) is 0 Å². The molecule has 170 valence electrons. The van der Waals surface area contributed by atoms with E-state index >= 15 is 0 Å². The maximum atomic E-state index is 6.31. The molecule has 0 unspecified atom stereocenters. The summed E-state index contributed by atoms with van der Waals surface area (Å²) in [7, 11) is 0. The summed E-state index contributed by atoms with van der Waals surface area (Å²) in [6, 6.07) is 0.470. The first-order valence-electron chi connectivity index (χ1n) is 13.6. The van der Waals surface area contributed by atoms with Crippen LogP contribution in [0.15, 0.2) is 0 Å². The lowest BCUT2D eigenvalue weighted by atomic mass is 10.00. The van der Waals surface area contributed by atoms with Crippen molar-refractivity contribution in [2.75, 3.05) is 0 Å². The zero-order valence-corrected chi connectivity index (χ0v) is 20.1. The summed E-state index contributed by atoms with van der Waals surface area (Å²) in [6.45, 7) is 4.59. The van der Waals surface area contributed by atoms with Crippen LogP contribution in [0.25, 0.3) is 0 Å². The van der Waals surface area contributed by atoms with Crippen LogP contribution in [0.5, 0.6) is 0 Å². The van der Waals surface area contributed by atoms with Crippen molar-refractivity contribution in [2.45, 2.75) is 174 Å². The Hall–Kier alpha value is -0.0400. The molecule has 0 amide bonds. The van der Waals surface area contributed by atoms with E-state index in [1.54, 1.807) is 0 Å². The van der Waals surface area contributed by atoms with Crippen molar-refractivity contribution >= 4 is 0 Å². The molecule has 0 aromatic rings. The Balaban J connectivity index is 3.12. The van der Waals surface area contributed by atoms with Crippen molar-refractivity contribution < 1.29 is 0 Å². The van der Waals surface area contributed by atoms with Gasteiger partial charge in [-0.1, -0.05) is 155 Å². The second kappa shape index (κ2) is 25.0. The fourth-order valence-electron chi connectivity index (χ4n) is 4.29. The first-order valence-corrected chi connectivity index (χ1v) is 13.6. The van der Waals surface area contributed by atoms with Crippen molar-refractivity contribution in [3.63, 3.8) is 0 Å². The van der Waals surface area contributed by atoms with Crippen molar-refractivity contribution in [3.8, 4) is 0 Å². The maximum absolute atomic E-state index is 6.31. The van der Waals surface area contributed by atoms with Crippen molar-refractivity contribution in [1.29, 1.82) is 0 Å². The van der Waals surface area contributed by atoms with E-state index in [0.29, 0.717) is 6.04 Å². The third-order valence-corrected chi connectivity index (χ3v) is 6.36. The van der Waals surface area contributed by atoms with Gasteiger partial charge in [-0.2, -0.15) is 0 Å². The van der Waals surface area contributed by atoms with E-state index in [-0.39, 0.29) is 0 Å². The van der Waals surface area contributed by atoms with Crippen LogP contribution in [0, 0.1) is 0 Å². The molecule has 1 nitrogen and oxygen atoms in total. The molecule has 0 bridgehead atoms. The second-order valence-corrected chi connectivity index (χ2v) is 9.41. The van der Waals surface area contributed by atoms with Gasteiger partial charge in [0.05, 0.1) is 0 Å². The first kappa shape index (κ1) is 28.0. The summed E-state index contributed by atoms with van der Waals surface area (Å²) in [5.74, 6) is 0. The molecule has 0 heterocycles. The zero-order chi connectivity index (χ0) is 20.5. The predicted octanol–water partition coefficient (Wildman–Crippen LogP) is 9.72. The first-order chi connectivity index (χ1) is 13.8. The van der Waals surface area contributed by atoms with Crippen LogP contribution in [0.2, 0.25) is 0 Å². The molecule has 1 heteroatoms. The average molecular weight is 396 g/mol. The summed E-state index contributed by atoms with van der Waals surface area (Å²) >= 11 is 0.